The molecule has 2 aromatic heterocycles. The highest BCUT2D eigenvalue weighted by atomic mass is 16.5. The van der Waals surface area contributed by atoms with Crippen molar-refractivity contribution in [3.8, 4) is 11.8 Å². The molecule has 3 amide bonds. The first-order valence-electron chi connectivity index (χ1n) is 12.8. The van der Waals surface area contributed by atoms with Crippen LogP contribution in [0.3, 0.4) is 0 Å². The van der Waals surface area contributed by atoms with Crippen LogP contribution in [0.25, 0.3) is 0 Å². The molecule has 0 radical (unpaired) electrons. The smallest absolute Gasteiger partial charge is 0.328 e. The first-order chi connectivity index (χ1) is 18.8. The van der Waals surface area contributed by atoms with E-state index in [4.69, 9.17) is 14.2 Å². The number of nitrogens with zero attached hydrogens (tertiary/aromatic N) is 5. The van der Waals surface area contributed by atoms with Crippen LogP contribution < -0.4 is 15.0 Å². The maximum Gasteiger partial charge on any atom is 0.328 e. The number of anilines is 2. The lowest BCUT2D eigenvalue weighted by atomic mass is 10.0. The van der Waals surface area contributed by atoms with Gasteiger partial charge in [0.25, 0.3) is 5.91 Å². The summed E-state index contributed by atoms with van der Waals surface area (Å²) in [5.74, 6) is 0.737. The van der Waals surface area contributed by atoms with Crippen LogP contribution in [0.4, 0.5) is 16.4 Å². The topological polar surface area (TPSA) is 147 Å². The van der Waals surface area contributed by atoms with E-state index in [1.807, 2.05) is 12.1 Å². The van der Waals surface area contributed by atoms with Gasteiger partial charge in [0.2, 0.25) is 0 Å². The number of likely N-dealkylation sites (N-methyl/N-ethyl adjacent to an activating group) is 1. The number of pyridine rings is 2. The normalized spacial score (nSPS) is 17.1. The summed E-state index contributed by atoms with van der Waals surface area (Å²) in [6, 6.07) is 4.88. The van der Waals surface area contributed by atoms with Gasteiger partial charge in [-0.25, -0.2) is 14.8 Å². The molecule has 206 valence electrons. The van der Waals surface area contributed by atoms with Crippen molar-refractivity contribution in [3.05, 3.63) is 40.7 Å². The molecule has 2 aliphatic heterocycles. The number of methoxy groups -OCH3 is 1. The molecule has 1 saturated heterocycles. The summed E-state index contributed by atoms with van der Waals surface area (Å²) in [6.07, 6.45) is 4.09. The van der Waals surface area contributed by atoms with Gasteiger partial charge in [0, 0.05) is 45.5 Å². The van der Waals surface area contributed by atoms with Gasteiger partial charge in [-0.1, -0.05) is 0 Å². The molecule has 12 nitrogen and oxygen atoms in total. The summed E-state index contributed by atoms with van der Waals surface area (Å²) >= 11 is 0. The molecule has 0 bridgehead atoms. The van der Waals surface area contributed by atoms with E-state index in [1.54, 1.807) is 26.0 Å². The number of urea groups is 1. The quantitative estimate of drug-likeness (QED) is 0.478. The summed E-state index contributed by atoms with van der Waals surface area (Å²) in [5, 5.41) is 12.1. The van der Waals surface area contributed by atoms with Gasteiger partial charge in [-0.2, -0.15) is 5.26 Å². The van der Waals surface area contributed by atoms with Crippen LogP contribution in [0, 0.1) is 11.3 Å². The molecule has 39 heavy (non-hydrogen) atoms. The molecule has 0 aromatic carbocycles. The van der Waals surface area contributed by atoms with Crippen molar-refractivity contribution in [3.63, 3.8) is 0 Å². The number of carbonyl (C=O) groups excluding carboxylic acids is 3. The Bertz CT molecular complexity index is 1270. The SMILES string of the molecule is COCC(C)Oc1cc(NC(=O)N2CCCc3cc(CN(C)C(=O)[C@H]4CCCO4)c(C=O)nc32)ncc1C#N. The Labute approximate surface area is 226 Å². The lowest BCUT2D eigenvalue weighted by Crippen LogP contribution is -2.40. The summed E-state index contributed by atoms with van der Waals surface area (Å²) in [7, 11) is 3.23. The van der Waals surface area contributed by atoms with Crippen molar-refractivity contribution in [1.82, 2.24) is 14.9 Å². The average Bonchev–Trinajstić information content (AvgIpc) is 3.47. The van der Waals surface area contributed by atoms with E-state index < -0.39 is 12.1 Å². The molecule has 0 aliphatic carbocycles. The molecule has 0 spiro atoms. The van der Waals surface area contributed by atoms with Gasteiger partial charge in [-0.05, 0) is 44.2 Å². The number of hydrogen-bond acceptors (Lipinski definition) is 9. The molecular weight excluding hydrogens is 504 g/mol. The molecule has 12 heteroatoms. The second-order valence-corrected chi connectivity index (χ2v) is 9.58. The largest absolute Gasteiger partial charge is 0.487 e. The van der Waals surface area contributed by atoms with E-state index in [2.05, 4.69) is 15.3 Å². The van der Waals surface area contributed by atoms with Crippen molar-refractivity contribution in [1.29, 1.82) is 5.26 Å². The number of aryl methyl sites for hydroxylation is 1. The fourth-order valence-corrected chi connectivity index (χ4v) is 4.69. The summed E-state index contributed by atoms with van der Waals surface area (Å²) in [5.41, 5.74) is 1.81. The maximum absolute atomic E-state index is 13.3. The van der Waals surface area contributed by atoms with E-state index in [9.17, 15) is 19.6 Å². The number of amides is 3. The number of aromatic nitrogens is 2. The summed E-state index contributed by atoms with van der Waals surface area (Å²) in [6.45, 7) is 3.30. The minimum Gasteiger partial charge on any atom is -0.487 e. The number of nitrogens with one attached hydrogen (secondary N) is 1. The highest BCUT2D eigenvalue weighted by Crippen LogP contribution is 2.29. The molecule has 2 aromatic rings. The van der Waals surface area contributed by atoms with Crippen LogP contribution in [-0.2, 0) is 27.2 Å². The van der Waals surface area contributed by atoms with Gasteiger partial charge in [0.05, 0.1) is 12.8 Å². The van der Waals surface area contributed by atoms with Gasteiger partial charge in [0.15, 0.2) is 6.29 Å². The van der Waals surface area contributed by atoms with Crippen molar-refractivity contribution in [2.24, 2.45) is 0 Å². The zero-order valence-corrected chi connectivity index (χ0v) is 22.3. The van der Waals surface area contributed by atoms with E-state index >= 15 is 0 Å². The third-order valence-corrected chi connectivity index (χ3v) is 6.57. The third-order valence-electron chi connectivity index (χ3n) is 6.57. The first kappa shape index (κ1) is 27.9. The Balaban J connectivity index is 1.52. The average molecular weight is 537 g/mol. The van der Waals surface area contributed by atoms with E-state index in [-0.39, 0.29) is 41.4 Å². The molecule has 2 atom stereocenters. The maximum atomic E-state index is 13.3. The predicted molar refractivity (Wildman–Crippen MR) is 141 cm³/mol. The summed E-state index contributed by atoms with van der Waals surface area (Å²) in [4.78, 5) is 49.6. The molecular formula is C27H32N6O6. The van der Waals surface area contributed by atoms with Crippen molar-refractivity contribution in [2.45, 2.75) is 51.4 Å². The summed E-state index contributed by atoms with van der Waals surface area (Å²) < 4.78 is 16.4. The van der Waals surface area contributed by atoms with Crippen molar-refractivity contribution in [2.75, 3.05) is 44.1 Å². The third kappa shape index (κ3) is 6.50. The van der Waals surface area contributed by atoms with Crippen LogP contribution in [-0.4, -0.2) is 79.2 Å². The molecule has 4 rings (SSSR count). The zero-order chi connectivity index (χ0) is 27.9. The van der Waals surface area contributed by atoms with Gasteiger partial charge < -0.3 is 19.1 Å². The van der Waals surface area contributed by atoms with Gasteiger partial charge >= 0.3 is 6.03 Å². The predicted octanol–water partition coefficient (Wildman–Crippen LogP) is 2.70. The Hall–Kier alpha value is -4.08. The van der Waals surface area contributed by atoms with Gasteiger partial charge in [0.1, 0.15) is 46.9 Å². The molecule has 1 fully saturated rings. The van der Waals surface area contributed by atoms with Crippen molar-refractivity contribution >= 4 is 29.9 Å². The lowest BCUT2D eigenvalue weighted by Gasteiger charge is -2.29. The van der Waals surface area contributed by atoms with Crippen molar-refractivity contribution < 1.29 is 28.6 Å². The highest BCUT2D eigenvalue weighted by molar-refractivity contribution is 6.01. The number of ether oxygens (including phenoxy) is 3. The van der Waals surface area contributed by atoms with Gasteiger partial charge in [-0.3, -0.25) is 19.8 Å². The fourth-order valence-electron chi connectivity index (χ4n) is 4.69. The number of carbonyl (C=O) groups is 3. The Morgan fingerprint density at radius 3 is 2.90 bits per heavy atom. The lowest BCUT2D eigenvalue weighted by molar-refractivity contribution is -0.140. The van der Waals surface area contributed by atoms with Crippen LogP contribution in [0.5, 0.6) is 5.75 Å². The second kappa shape index (κ2) is 12.6. The van der Waals surface area contributed by atoms with E-state index in [0.29, 0.717) is 56.7 Å². The minimum absolute atomic E-state index is 0.127. The molecule has 2 aliphatic rings. The standard InChI is InChI=1S/C27H32N6O6/c1-17(16-37-3)39-23-11-24(29-13-20(23)12-28)31-27(36)33-8-4-6-18-10-19(21(15-34)30-25(18)33)14-32(2)26(35)22-7-5-9-38-22/h10-11,13,15,17,22H,4-9,14,16H2,1-3H3,(H,29,31,36)/t17?,22-/m1/s1. The number of rotatable bonds is 9. The molecule has 4 heterocycles. The fraction of sp³-hybridized carbons (Fsp3) is 0.481. The second-order valence-electron chi connectivity index (χ2n) is 9.58. The molecule has 1 unspecified atom stereocenters. The van der Waals surface area contributed by atoms with E-state index in [1.165, 1.54) is 17.2 Å². The first-order valence-corrected chi connectivity index (χ1v) is 12.8. The zero-order valence-electron chi connectivity index (χ0n) is 22.3. The van der Waals surface area contributed by atoms with Crippen LogP contribution in [0.1, 0.15) is 53.4 Å². The Morgan fingerprint density at radius 1 is 1.38 bits per heavy atom. The van der Waals surface area contributed by atoms with E-state index in [0.717, 1.165) is 12.0 Å². The molecule has 1 N–H and O–H groups in total. The number of fused-ring (bicyclic) bond motifs is 1. The highest BCUT2D eigenvalue weighted by Gasteiger charge is 2.29. The van der Waals surface area contributed by atoms with Crippen LogP contribution >= 0.6 is 0 Å². The van der Waals surface area contributed by atoms with Crippen LogP contribution in [0.2, 0.25) is 0 Å². The molecule has 0 saturated carbocycles. The number of aldehydes is 1. The number of hydrogen-bond donors (Lipinski definition) is 1. The Morgan fingerprint density at radius 2 is 2.21 bits per heavy atom. The van der Waals surface area contributed by atoms with Gasteiger partial charge in [-0.15, -0.1) is 0 Å². The Kier molecular flexibility index (Phi) is 9.06. The van der Waals surface area contributed by atoms with Crippen LogP contribution in [0.15, 0.2) is 18.3 Å². The minimum atomic E-state index is -0.480. The monoisotopic (exact) mass is 536 g/mol. The number of nitriles is 1.